The first kappa shape index (κ1) is 32.4. The van der Waals surface area contributed by atoms with Crippen molar-refractivity contribution in [3.63, 3.8) is 0 Å². The Morgan fingerprint density at radius 1 is 0.679 bits per heavy atom. The highest BCUT2D eigenvalue weighted by Crippen LogP contribution is 2.52. The first-order valence-electron chi connectivity index (χ1n) is 19.5. The van der Waals surface area contributed by atoms with Crippen LogP contribution in [-0.4, -0.2) is 10.6 Å². The molecule has 3 heterocycles. The molecule has 4 nitrogen and oxygen atoms in total. The quantitative estimate of drug-likeness (QED) is 0.144. The second kappa shape index (κ2) is 12.8. The number of nitrogens with one attached hydrogen (secondary N) is 2. The van der Waals surface area contributed by atoms with Gasteiger partial charge in [0.1, 0.15) is 0 Å². The Bertz CT molecular complexity index is 2960. The van der Waals surface area contributed by atoms with Gasteiger partial charge in [0.15, 0.2) is 0 Å². The smallest absolute Gasteiger partial charge is 0.0718 e. The molecule has 2 aliphatic heterocycles. The monoisotopic (exact) mass is 720 g/mol. The third kappa shape index (κ3) is 4.92. The molecule has 4 heteroatoms. The van der Waals surface area contributed by atoms with E-state index in [1.807, 2.05) is 18.2 Å². The Kier molecular flexibility index (Phi) is 7.39. The van der Waals surface area contributed by atoms with Crippen molar-refractivity contribution in [2.75, 3.05) is 5.32 Å². The largest absolute Gasteiger partial charge is 0.405 e. The molecular formula is C52H40N4. The first-order valence-corrected chi connectivity index (χ1v) is 19.5. The van der Waals surface area contributed by atoms with Crippen LogP contribution in [0, 0.1) is 0 Å². The van der Waals surface area contributed by atoms with Gasteiger partial charge < -0.3 is 20.9 Å². The number of benzene rings is 7. The van der Waals surface area contributed by atoms with Crippen molar-refractivity contribution in [1.82, 2.24) is 9.88 Å². The topological polar surface area (TPSA) is 55.0 Å². The molecule has 1 aromatic heterocycles. The van der Waals surface area contributed by atoms with Crippen LogP contribution in [0.3, 0.4) is 0 Å². The maximum absolute atomic E-state index is 5.68. The Morgan fingerprint density at radius 3 is 2.30 bits per heavy atom. The molecule has 0 amide bonds. The van der Waals surface area contributed by atoms with E-state index in [0.717, 1.165) is 24.2 Å². The second-order valence-corrected chi connectivity index (χ2v) is 15.2. The maximum atomic E-state index is 5.68. The van der Waals surface area contributed by atoms with Gasteiger partial charge in [0.25, 0.3) is 0 Å². The fraction of sp³-hybridized carbons (Fsp3) is 0.0769. The number of hydrogen-bond donors (Lipinski definition) is 3. The number of para-hydroxylation sites is 2. The summed E-state index contributed by atoms with van der Waals surface area (Å²) in [5.74, 6) is 0. The highest BCUT2D eigenvalue weighted by atomic mass is 15.0. The minimum Gasteiger partial charge on any atom is -0.405 e. The average Bonchev–Trinajstić information content (AvgIpc) is 3.68. The minimum absolute atomic E-state index is 0.00637. The van der Waals surface area contributed by atoms with E-state index in [9.17, 15) is 0 Å². The van der Waals surface area contributed by atoms with Gasteiger partial charge in [-0.25, -0.2) is 0 Å². The van der Waals surface area contributed by atoms with Crippen molar-refractivity contribution in [2.45, 2.75) is 24.9 Å². The van der Waals surface area contributed by atoms with Crippen LogP contribution >= 0.6 is 0 Å². The number of aromatic nitrogens is 1. The van der Waals surface area contributed by atoms with Crippen molar-refractivity contribution in [3.8, 4) is 50.2 Å². The van der Waals surface area contributed by atoms with E-state index >= 15 is 0 Å². The molecule has 3 aliphatic rings. The summed E-state index contributed by atoms with van der Waals surface area (Å²) in [6.45, 7) is 4.44. The predicted molar refractivity (Wildman–Crippen MR) is 234 cm³/mol. The summed E-state index contributed by atoms with van der Waals surface area (Å²) in [5, 5.41) is 10.5. The zero-order valence-electron chi connectivity index (χ0n) is 31.0. The first-order chi connectivity index (χ1) is 27.7. The number of nitrogens with two attached hydrogens (primary N) is 1. The zero-order valence-corrected chi connectivity index (χ0v) is 31.0. The van der Waals surface area contributed by atoms with Gasteiger partial charge in [0, 0.05) is 38.8 Å². The standard InChI is InChI=1S/C52H40N4/c1-32(12-6-7-29-53)54-51(34-27-25-33(26-28-34)37-17-9-18-39-38-15-3-2-13-35(38)30-44(37)39)46-31-36-14-8-24-48-49(36)50-41(19-11-22-45(50)55-46)43-21-10-20-42-40-16-4-5-23-47(40)56(48)52(42)43/h2-29,46,51,54-55H,1,30-31,53H2/b12-6-,29-7-. The lowest BCUT2D eigenvalue weighted by Crippen LogP contribution is -2.37. The normalized spacial score (nSPS) is 15.2. The summed E-state index contributed by atoms with van der Waals surface area (Å²) in [5.41, 5.74) is 27.0. The number of rotatable bonds is 7. The van der Waals surface area contributed by atoms with Crippen LogP contribution in [0.1, 0.15) is 28.3 Å². The van der Waals surface area contributed by atoms with E-state index in [1.54, 1.807) is 6.20 Å². The van der Waals surface area contributed by atoms with E-state index in [-0.39, 0.29) is 12.1 Å². The third-order valence-corrected chi connectivity index (χ3v) is 12.1. The van der Waals surface area contributed by atoms with E-state index in [2.05, 4.69) is 167 Å². The molecule has 11 rings (SSSR count). The number of nitrogens with zero attached hydrogens (tertiary/aromatic N) is 1. The summed E-state index contributed by atoms with van der Waals surface area (Å²) in [7, 11) is 0. The lowest BCUT2D eigenvalue weighted by Gasteiger charge is -2.31. The van der Waals surface area contributed by atoms with Crippen LogP contribution < -0.4 is 16.4 Å². The maximum Gasteiger partial charge on any atom is 0.0718 e. The van der Waals surface area contributed by atoms with E-state index in [4.69, 9.17) is 5.73 Å². The van der Waals surface area contributed by atoms with Crippen LogP contribution in [0.2, 0.25) is 0 Å². The summed E-state index contributed by atoms with van der Waals surface area (Å²) in [6, 6.07) is 53.8. The van der Waals surface area contributed by atoms with Gasteiger partial charge in [-0.15, -0.1) is 0 Å². The molecule has 2 atom stereocenters. The van der Waals surface area contributed by atoms with E-state index in [0.29, 0.717) is 0 Å². The molecule has 7 aromatic carbocycles. The number of anilines is 1. The fourth-order valence-corrected chi connectivity index (χ4v) is 9.77. The van der Waals surface area contributed by atoms with Gasteiger partial charge in [-0.2, -0.15) is 0 Å². The summed E-state index contributed by atoms with van der Waals surface area (Å²) in [6.07, 6.45) is 9.05. The van der Waals surface area contributed by atoms with Gasteiger partial charge in [-0.05, 0) is 99.5 Å². The minimum atomic E-state index is -0.103. The molecule has 0 saturated carbocycles. The molecule has 1 aliphatic carbocycles. The Labute approximate surface area is 327 Å². The van der Waals surface area contributed by atoms with Crippen molar-refractivity contribution in [1.29, 1.82) is 0 Å². The molecule has 0 fully saturated rings. The van der Waals surface area contributed by atoms with Crippen LogP contribution in [0.5, 0.6) is 0 Å². The van der Waals surface area contributed by atoms with Crippen LogP contribution in [0.25, 0.3) is 72.0 Å². The van der Waals surface area contributed by atoms with Crippen molar-refractivity contribution >= 4 is 27.5 Å². The molecule has 0 bridgehead atoms. The highest BCUT2D eigenvalue weighted by molar-refractivity contribution is 6.17. The molecule has 0 saturated heterocycles. The molecule has 4 N–H and O–H groups in total. The molecule has 56 heavy (non-hydrogen) atoms. The zero-order chi connectivity index (χ0) is 37.3. The summed E-state index contributed by atoms with van der Waals surface area (Å²) >= 11 is 0. The average molecular weight is 721 g/mol. The number of fused-ring (bicyclic) bond motifs is 8. The Hall–Kier alpha value is -7.04. The lowest BCUT2D eigenvalue weighted by atomic mass is 9.88. The lowest BCUT2D eigenvalue weighted by molar-refractivity contribution is 0.508. The van der Waals surface area contributed by atoms with Crippen LogP contribution in [-0.2, 0) is 12.8 Å². The van der Waals surface area contributed by atoms with Gasteiger partial charge in [0.05, 0.1) is 28.8 Å². The molecule has 0 radical (unpaired) electrons. The van der Waals surface area contributed by atoms with E-state index in [1.165, 1.54) is 94.3 Å². The number of hydrogen-bond acceptors (Lipinski definition) is 3. The third-order valence-electron chi connectivity index (χ3n) is 12.1. The number of allylic oxidation sites excluding steroid dienone is 3. The second-order valence-electron chi connectivity index (χ2n) is 15.2. The SMILES string of the molecule is C=C(/C=C\C=C/N)NC(c1ccc(-c2cccc3c2Cc2ccccc2-3)cc1)C1Cc2cccc3c2-c2c(cccc2-c2cccc4c5ccccc5n-3c24)N1. The van der Waals surface area contributed by atoms with Gasteiger partial charge >= 0.3 is 0 Å². The molecule has 2 unspecified atom stereocenters. The fourth-order valence-electron chi connectivity index (χ4n) is 9.77. The molecule has 8 aromatic rings. The highest BCUT2D eigenvalue weighted by Gasteiger charge is 2.34. The van der Waals surface area contributed by atoms with Gasteiger partial charge in [-0.1, -0.05) is 140 Å². The van der Waals surface area contributed by atoms with Crippen LogP contribution in [0.4, 0.5) is 5.69 Å². The molecule has 0 spiro atoms. The van der Waals surface area contributed by atoms with Crippen molar-refractivity contribution < 1.29 is 0 Å². The van der Waals surface area contributed by atoms with E-state index < -0.39 is 0 Å². The van der Waals surface area contributed by atoms with Gasteiger partial charge in [-0.3, -0.25) is 0 Å². The van der Waals surface area contributed by atoms with Crippen molar-refractivity contribution in [3.05, 3.63) is 205 Å². The van der Waals surface area contributed by atoms with Crippen molar-refractivity contribution in [2.24, 2.45) is 5.73 Å². The summed E-state index contributed by atoms with van der Waals surface area (Å²) in [4.78, 5) is 0. The Morgan fingerprint density at radius 2 is 1.39 bits per heavy atom. The molecular weight excluding hydrogens is 681 g/mol. The van der Waals surface area contributed by atoms with Gasteiger partial charge in [0.2, 0.25) is 0 Å². The Balaban J connectivity index is 1.04. The molecule has 268 valence electrons. The van der Waals surface area contributed by atoms with Crippen LogP contribution in [0.15, 0.2) is 182 Å². The predicted octanol–water partition coefficient (Wildman–Crippen LogP) is 11.9. The summed E-state index contributed by atoms with van der Waals surface area (Å²) < 4.78 is 2.51.